The fourth-order valence-electron chi connectivity index (χ4n) is 1.89. The minimum atomic E-state index is -0.230. The summed E-state index contributed by atoms with van der Waals surface area (Å²) < 4.78 is 12.8. The maximum atomic E-state index is 12.8. The lowest BCUT2D eigenvalue weighted by molar-refractivity contribution is 0.627. The van der Waals surface area contributed by atoms with Crippen molar-refractivity contribution in [2.24, 2.45) is 0 Å². The zero-order valence-corrected chi connectivity index (χ0v) is 10.2. The smallest absolute Gasteiger partial charge is 0.181 e. The molecule has 0 aliphatic heterocycles. The number of benzene rings is 2. The first-order valence-electron chi connectivity index (χ1n) is 6.02. The highest BCUT2D eigenvalue weighted by Gasteiger charge is 2.06. The van der Waals surface area contributed by atoms with Crippen LogP contribution in [0, 0.1) is 5.82 Å². The molecule has 0 radical (unpaired) electrons. The number of nitrogens with zero attached hydrogens (tertiary/aromatic N) is 2. The molecule has 0 spiro atoms. The number of hydrogen-bond acceptors (Lipinski definition) is 2. The highest BCUT2D eigenvalue weighted by Crippen LogP contribution is 2.14. The number of rotatable bonds is 3. The van der Waals surface area contributed by atoms with E-state index in [1.807, 2.05) is 30.3 Å². The molecule has 0 saturated heterocycles. The van der Waals surface area contributed by atoms with Crippen LogP contribution in [0.1, 0.15) is 11.4 Å². The van der Waals surface area contributed by atoms with Gasteiger partial charge in [-0.15, -0.1) is 0 Å². The highest BCUT2D eigenvalue weighted by molar-refractivity contribution is 5.53. The molecule has 0 atom stereocenters. The van der Waals surface area contributed by atoms with Crippen molar-refractivity contribution < 1.29 is 4.39 Å². The molecule has 2 aromatic carbocycles. The van der Waals surface area contributed by atoms with Crippen LogP contribution < -0.4 is 0 Å². The van der Waals surface area contributed by atoms with Gasteiger partial charge >= 0.3 is 0 Å². The predicted octanol–water partition coefficient (Wildman–Crippen LogP) is 3.20. The lowest BCUT2D eigenvalue weighted by Crippen LogP contribution is -1.91. The first-order valence-corrected chi connectivity index (χ1v) is 6.02. The van der Waals surface area contributed by atoms with Crippen LogP contribution in [-0.4, -0.2) is 15.2 Å². The number of aromatic nitrogens is 3. The van der Waals surface area contributed by atoms with Gasteiger partial charge in [-0.25, -0.2) is 9.37 Å². The Kier molecular flexibility index (Phi) is 3.06. The Morgan fingerprint density at radius 1 is 0.947 bits per heavy atom. The van der Waals surface area contributed by atoms with Crippen molar-refractivity contribution in [3.8, 4) is 11.4 Å². The molecule has 1 heterocycles. The van der Waals surface area contributed by atoms with Crippen LogP contribution in [0.5, 0.6) is 0 Å². The van der Waals surface area contributed by atoms with Gasteiger partial charge in [-0.1, -0.05) is 42.5 Å². The van der Waals surface area contributed by atoms with E-state index >= 15 is 0 Å². The summed E-state index contributed by atoms with van der Waals surface area (Å²) in [6, 6.07) is 16.2. The van der Waals surface area contributed by atoms with Crippen LogP contribution in [0.15, 0.2) is 54.6 Å². The second kappa shape index (κ2) is 5.02. The minimum absolute atomic E-state index is 0.230. The van der Waals surface area contributed by atoms with Gasteiger partial charge in [0.05, 0.1) is 0 Å². The third-order valence-corrected chi connectivity index (χ3v) is 2.85. The van der Waals surface area contributed by atoms with Gasteiger partial charge < -0.3 is 0 Å². The molecule has 3 nitrogen and oxygen atoms in total. The molecule has 0 aliphatic rings. The molecule has 0 unspecified atom stereocenters. The minimum Gasteiger partial charge on any atom is -0.262 e. The number of hydrogen-bond donors (Lipinski definition) is 1. The summed E-state index contributed by atoms with van der Waals surface area (Å²) >= 11 is 0. The van der Waals surface area contributed by atoms with Gasteiger partial charge in [-0.2, -0.15) is 5.10 Å². The van der Waals surface area contributed by atoms with Crippen molar-refractivity contribution in [3.05, 3.63) is 71.8 Å². The van der Waals surface area contributed by atoms with E-state index < -0.39 is 0 Å². The zero-order chi connectivity index (χ0) is 13.1. The number of H-pyrrole nitrogens is 1. The Morgan fingerprint density at radius 2 is 1.68 bits per heavy atom. The number of aromatic amines is 1. The molecule has 4 heteroatoms. The summed E-state index contributed by atoms with van der Waals surface area (Å²) in [6.07, 6.45) is 0.611. The average molecular weight is 253 g/mol. The van der Waals surface area contributed by atoms with Crippen LogP contribution in [0.3, 0.4) is 0 Å². The first-order chi connectivity index (χ1) is 9.31. The standard InChI is InChI=1S/C15H12FN3/c16-13-8-6-11(7-9-13)10-14-17-15(19-18-14)12-4-2-1-3-5-12/h1-9H,10H2,(H,17,18,19). The second-order valence-corrected chi connectivity index (χ2v) is 4.27. The predicted molar refractivity (Wildman–Crippen MR) is 71.0 cm³/mol. The Labute approximate surface area is 110 Å². The third kappa shape index (κ3) is 2.68. The van der Waals surface area contributed by atoms with Crippen LogP contribution in [0.25, 0.3) is 11.4 Å². The molecule has 0 aliphatic carbocycles. The Bertz CT molecular complexity index is 659. The molecule has 1 aromatic heterocycles. The molecule has 0 fully saturated rings. The molecule has 3 rings (SSSR count). The summed E-state index contributed by atoms with van der Waals surface area (Å²) in [5.74, 6) is 1.22. The molecule has 0 bridgehead atoms. The first kappa shape index (κ1) is 11.6. The zero-order valence-electron chi connectivity index (χ0n) is 10.2. The maximum Gasteiger partial charge on any atom is 0.181 e. The van der Waals surface area contributed by atoms with E-state index in [0.29, 0.717) is 12.2 Å². The van der Waals surface area contributed by atoms with Crippen molar-refractivity contribution >= 4 is 0 Å². The molecular formula is C15H12FN3. The maximum absolute atomic E-state index is 12.8. The molecule has 0 saturated carbocycles. The average Bonchev–Trinajstić information content (AvgIpc) is 2.91. The Morgan fingerprint density at radius 3 is 2.42 bits per heavy atom. The van der Waals surface area contributed by atoms with E-state index in [-0.39, 0.29) is 5.82 Å². The van der Waals surface area contributed by atoms with Gasteiger partial charge in [0.1, 0.15) is 11.6 Å². The lowest BCUT2D eigenvalue weighted by atomic mass is 10.1. The van der Waals surface area contributed by atoms with Crippen LogP contribution >= 0.6 is 0 Å². The van der Waals surface area contributed by atoms with E-state index in [2.05, 4.69) is 15.2 Å². The van der Waals surface area contributed by atoms with E-state index in [1.54, 1.807) is 12.1 Å². The normalized spacial score (nSPS) is 10.6. The molecular weight excluding hydrogens is 241 g/mol. The SMILES string of the molecule is Fc1ccc(Cc2nc(-c3ccccc3)n[nH]2)cc1. The number of halogens is 1. The molecule has 19 heavy (non-hydrogen) atoms. The van der Waals surface area contributed by atoms with Crippen molar-refractivity contribution in [1.29, 1.82) is 0 Å². The van der Waals surface area contributed by atoms with Crippen LogP contribution in [0.4, 0.5) is 4.39 Å². The van der Waals surface area contributed by atoms with E-state index in [9.17, 15) is 4.39 Å². The largest absolute Gasteiger partial charge is 0.262 e. The quantitative estimate of drug-likeness (QED) is 0.778. The van der Waals surface area contributed by atoms with Crippen LogP contribution in [0.2, 0.25) is 0 Å². The van der Waals surface area contributed by atoms with Gasteiger partial charge in [-0.3, -0.25) is 5.10 Å². The monoisotopic (exact) mass is 253 g/mol. The van der Waals surface area contributed by atoms with Gasteiger partial charge in [0, 0.05) is 12.0 Å². The summed E-state index contributed by atoms with van der Waals surface area (Å²) in [4.78, 5) is 4.44. The van der Waals surface area contributed by atoms with Crippen LogP contribution in [-0.2, 0) is 6.42 Å². The highest BCUT2D eigenvalue weighted by atomic mass is 19.1. The van der Waals surface area contributed by atoms with Crippen molar-refractivity contribution in [3.63, 3.8) is 0 Å². The fourth-order valence-corrected chi connectivity index (χ4v) is 1.89. The molecule has 94 valence electrons. The number of nitrogens with one attached hydrogen (secondary N) is 1. The topological polar surface area (TPSA) is 41.6 Å². The summed E-state index contributed by atoms with van der Waals surface area (Å²) in [7, 11) is 0. The van der Waals surface area contributed by atoms with Gasteiger partial charge in [0.2, 0.25) is 0 Å². The second-order valence-electron chi connectivity index (χ2n) is 4.27. The molecule has 1 N–H and O–H groups in total. The molecule has 3 aromatic rings. The Hall–Kier alpha value is -2.49. The summed E-state index contributed by atoms with van der Waals surface area (Å²) in [6.45, 7) is 0. The van der Waals surface area contributed by atoms with Crippen molar-refractivity contribution in [1.82, 2.24) is 15.2 Å². The lowest BCUT2D eigenvalue weighted by Gasteiger charge is -1.97. The Balaban J connectivity index is 1.80. The van der Waals surface area contributed by atoms with Crippen molar-refractivity contribution in [2.75, 3.05) is 0 Å². The third-order valence-electron chi connectivity index (χ3n) is 2.85. The fraction of sp³-hybridized carbons (Fsp3) is 0.0667. The summed E-state index contributed by atoms with van der Waals surface area (Å²) in [5.41, 5.74) is 1.97. The van der Waals surface area contributed by atoms with Gasteiger partial charge in [0.25, 0.3) is 0 Å². The van der Waals surface area contributed by atoms with Crippen molar-refractivity contribution in [2.45, 2.75) is 6.42 Å². The van der Waals surface area contributed by atoms with Gasteiger partial charge in [-0.05, 0) is 17.7 Å². The van der Waals surface area contributed by atoms with E-state index in [4.69, 9.17) is 0 Å². The van der Waals surface area contributed by atoms with E-state index in [1.165, 1.54) is 12.1 Å². The van der Waals surface area contributed by atoms with E-state index in [0.717, 1.165) is 17.0 Å². The van der Waals surface area contributed by atoms with Gasteiger partial charge in [0.15, 0.2) is 5.82 Å². The molecule has 0 amide bonds. The summed E-state index contributed by atoms with van der Waals surface area (Å²) in [5, 5.41) is 7.10.